The summed E-state index contributed by atoms with van der Waals surface area (Å²) < 4.78 is 88.7. The fourth-order valence-corrected chi connectivity index (χ4v) is 4.58. The molecule has 182 valence electrons. The molecule has 0 aliphatic carbocycles. The molecule has 0 saturated heterocycles. The zero-order valence-electron chi connectivity index (χ0n) is 18.1. The molecule has 3 rings (SSSR count). The third-order valence-corrected chi connectivity index (χ3v) is 6.38. The highest BCUT2D eigenvalue weighted by Gasteiger charge is 2.35. The van der Waals surface area contributed by atoms with E-state index in [-0.39, 0.29) is 13.2 Å². The van der Waals surface area contributed by atoms with Gasteiger partial charge in [-0.2, -0.15) is 0 Å². The van der Waals surface area contributed by atoms with Gasteiger partial charge < -0.3 is 14.5 Å². The Bertz CT molecular complexity index is 1220. The van der Waals surface area contributed by atoms with Crippen molar-refractivity contribution in [2.75, 3.05) is 11.3 Å². The number of benzene rings is 3. The van der Waals surface area contributed by atoms with E-state index in [2.05, 4.69) is 0 Å². The molecule has 0 heterocycles. The van der Waals surface area contributed by atoms with Crippen LogP contribution in [0.2, 0.25) is 0 Å². The smallest absolute Gasteiger partial charge is 0.375 e. The van der Waals surface area contributed by atoms with Gasteiger partial charge in [0.1, 0.15) is 0 Å². The summed E-state index contributed by atoms with van der Waals surface area (Å²) in [5, 5.41) is 0. The van der Waals surface area contributed by atoms with Crippen LogP contribution >= 0.6 is 7.75 Å². The molecular weight excluding hydrogens is 480 g/mol. The first kappa shape index (κ1) is 25.8. The molecule has 0 aromatic heterocycles. The Morgan fingerprint density at radius 2 is 1.41 bits per heavy atom. The van der Waals surface area contributed by atoms with Crippen molar-refractivity contribution >= 4 is 13.4 Å². The van der Waals surface area contributed by atoms with Crippen LogP contribution in [-0.4, -0.2) is 22.4 Å². The van der Waals surface area contributed by atoms with E-state index in [1.165, 1.54) is 19.1 Å². The van der Waals surface area contributed by atoms with E-state index < -0.39 is 59.7 Å². The van der Waals surface area contributed by atoms with Crippen LogP contribution in [0.15, 0.2) is 48.5 Å². The average Bonchev–Trinajstić information content (AvgIpc) is 2.78. The maximum absolute atomic E-state index is 14.5. The number of aryl methyl sites for hydroxylation is 1. The molecule has 3 aromatic rings. The van der Waals surface area contributed by atoms with E-state index in [0.29, 0.717) is 4.67 Å². The van der Waals surface area contributed by atoms with E-state index >= 15 is 0 Å². The van der Waals surface area contributed by atoms with Crippen molar-refractivity contribution in [3.8, 4) is 11.1 Å². The largest absolute Gasteiger partial charge is 0.430 e. The average molecular weight is 501 g/mol. The second-order valence-corrected chi connectivity index (χ2v) is 9.07. The zero-order valence-corrected chi connectivity index (χ0v) is 19.0. The molecule has 0 spiro atoms. The predicted octanol–water partition coefficient (Wildman–Crippen LogP) is 5.86. The molecular formula is C23H21F5NO4P. The van der Waals surface area contributed by atoms with Gasteiger partial charge in [-0.15, -0.1) is 0 Å². The molecule has 3 aromatic carbocycles. The second-order valence-electron chi connectivity index (χ2n) is 7.61. The van der Waals surface area contributed by atoms with E-state index in [9.17, 15) is 36.3 Å². The monoisotopic (exact) mass is 501 g/mol. The van der Waals surface area contributed by atoms with Gasteiger partial charge in [0.2, 0.25) is 5.82 Å². The standard InChI is InChI=1S/C23H21F5NO4P/c1-13-7-3-4-8-15(13)12-33-11-14(2)29(34(30,31)32)17-10-6-5-9-16(17)18-19(24)21(26)23(28)22(27)20(18)25/h3-10,14H,11-12H2,1-2H3,(H2,30,31,32)/t14-/m0/s1. The molecule has 0 fully saturated rings. The van der Waals surface area contributed by atoms with Gasteiger partial charge in [0.25, 0.3) is 0 Å². The lowest BCUT2D eigenvalue weighted by Crippen LogP contribution is -2.34. The van der Waals surface area contributed by atoms with Crippen LogP contribution in [0, 0.1) is 36.0 Å². The third-order valence-electron chi connectivity index (χ3n) is 5.21. The maximum atomic E-state index is 14.5. The van der Waals surface area contributed by atoms with Gasteiger partial charge in [0, 0.05) is 5.56 Å². The molecule has 0 aliphatic rings. The molecule has 0 radical (unpaired) electrons. The van der Waals surface area contributed by atoms with Crippen molar-refractivity contribution in [1.82, 2.24) is 0 Å². The summed E-state index contributed by atoms with van der Waals surface area (Å²) >= 11 is 0. The topological polar surface area (TPSA) is 70.0 Å². The third kappa shape index (κ3) is 5.15. The van der Waals surface area contributed by atoms with Gasteiger partial charge in [-0.3, -0.25) is 4.67 Å². The van der Waals surface area contributed by atoms with Crippen LogP contribution in [0.3, 0.4) is 0 Å². The van der Waals surface area contributed by atoms with Crippen molar-refractivity contribution in [2.24, 2.45) is 0 Å². The Morgan fingerprint density at radius 1 is 0.882 bits per heavy atom. The van der Waals surface area contributed by atoms with E-state index in [1.54, 1.807) is 6.07 Å². The molecule has 1 atom stereocenters. The Morgan fingerprint density at radius 3 is 2.00 bits per heavy atom. The van der Waals surface area contributed by atoms with Crippen LogP contribution in [-0.2, 0) is 15.9 Å². The second kappa shape index (κ2) is 10.2. The van der Waals surface area contributed by atoms with Crippen LogP contribution < -0.4 is 4.67 Å². The molecule has 0 bridgehead atoms. The van der Waals surface area contributed by atoms with Gasteiger partial charge >= 0.3 is 7.75 Å². The molecule has 34 heavy (non-hydrogen) atoms. The van der Waals surface area contributed by atoms with Crippen LogP contribution in [0.5, 0.6) is 0 Å². The lowest BCUT2D eigenvalue weighted by Gasteiger charge is -2.33. The number of nitrogens with zero attached hydrogens (tertiary/aromatic N) is 1. The van der Waals surface area contributed by atoms with Crippen LogP contribution in [0.4, 0.5) is 27.6 Å². The lowest BCUT2D eigenvalue weighted by molar-refractivity contribution is 0.110. The summed E-state index contributed by atoms with van der Waals surface area (Å²) in [4.78, 5) is 20.0. The summed E-state index contributed by atoms with van der Waals surface area (Å²) in [6.07, 6.45) is 0. The van der Waals surface area contributed by atoms with Gasteiger partial charge in [-0.25, -0.2) is 26.5 Å². The molecule has 0 saturated carbocycles. The summed E-state index contributed by atoms with van der Waals surface area (Å²) in [7, 11) is -5.14. The first-order valence-electron chi connectivity index (χ1n) is 10.0. The molecule has 0 aliphatic heterocycles. The quantitative estimate of drug-likeness (QED) is 0.175. The van der Waals surface area contributed by atoms with Crippen molar-refractivity contribution < 1.29 is 41.0 Å². The Labute approximate surface area is 192 Å². The highest BCUT2D eigenvalue weighted by molar-refractivity contribution is 7.53. The molecule has 5 nitrogen and oxygen atoms in total. The number of halogens is 5. The molecule has 0 unspecified atom stereocenters. The number of para-hydroxylation sites is 1. The number of ether oxygens (including phenoxy) is 1. The highest BCUT2D eigenvalue weighted by atomic mass is 31.2. The van der Waals surface area contributed by atoms with Crippen LogP contribution in [0.1, 0.15) is 18.1 Å². The van der Waals surface area contributed by atoms with E-state index in [0.717, 1.165) is 23.3 Å². The minimum atomic E-state index is -5.14. The van der Waals surface area contributed by atoms with Crippen LogP contribution in [0.25, 0.3) is 11.1 Å². The minimum Gasteiger partial charge on any atom is -0.375 e. The summed E-state index contributed by atoms with van der Waals surface area (Å²) in [5.74, 6) is -10.9. The number of rotatable bonds is 8. The summed E-state index contributed by atoms with van der Waals surface area (Å²) in [6.45, 7) is 3.17. The lowest BCUT2D eigenvalue weighted by atomic mass is 10.0. The Balaban J connectivity index is 2.02. The molecule has 2 N–H and O–H groups in total. The normalized spacial score (nSPS) is 12.6. The number of hydrogen-bond donors (Lipinski definition) is 2. The maximum Gasteiger partial charge on any atom is 0.430 e. The SMILES string of the molecule is Cc1ccccc1COC[C@H](C)N(c1ccccc1-c1c(F)c(F)c(F)c(F)c1F)P(=O)(O)O. The van der Waals surface area contributed by atoms with Crippen molar-refractivity contribution in [2.45, 2.75) is 26.5 Å². The molecule has 11 heteroatoms. The van der Waals surface area contributed by atoms with Gasteiger partial charge in [0.05, 0.1) is 30.5 Å². The first-order valence-corrected chi connectivity index (χ1v) is 11.6. The molecule has 0 amide bonds. The van der Waals surface area contributed by atoms with Crippen molar-refractivity contribution in [3.63, 3.8) is 0 Å². The fourth-order valence-electron chi connectivity index (χ4n) is 3.54. The fraction of sp³-hybridized carbons (Fsp3) is 0.217. The van der Waals surface area contributed by atoms with Crippen molar-refractivity contribution in [3.05, 3.63) is 88.7 Å². The summed E-state index contributed by atoms with van der Waals surface area (Å²) in [6, 6.07) is 11.0. The van der Waals surface area contributed by atoms with Gasteiger partial charge in [-0.1, -0.05) is 42.5 Å². The zero-order chi connectivity index (χ0) is 25.2. The summed E-state index contributed by atoms with van der Waals surface area (Å²) in [5.41, 5.74) is -0.508. The predicted molar refractivity (Wildman–Crippen MR) is 116 cm³/mol. The Hall–Kier alpha value is -2.78. The highest BCUT2D eigenvalue weighted by Crippen LogP contribution is 2.49. The van der Waals surface area contributed by atoms with Gasteiger partial charge in [0.15, 0.2) is 23.3 Å². The van der Waals surface area contributed by atoms with Crippen molar-refractivity contribution in [1.29, 1.82) is 0 Å². The number of hydrogen-bond acceptors (Lipinski definition) is 2. The van der Waals surface area contributed by atoms with E-state index in [1.807, 2.05) is 25.1 Å². The Kier molecular flexibility index (Phi) is 7.77. The van der Waals surface area contributed by atoms with E-state index in [4.69, 9.17) is 4.74 Å². The number of anilines is 1. The minimum absolute atomic E-state index is 0.130. The van der Waals surface area contributed by atoms with Gasteiger partial charge in [-0.05, 0) is 31.0 Å². The first-order chi connectivity index (χ1) is 15.9.